The number of hydrogen-bond acceptors (Lipinski definition) is 4. The van der Waals surface area contributed by atoms with Gasteiger partial charge in [-0.15, -0.1) is 0 Å². The van der Waals surface area contributed by atoms with E-state index in [1.807, 2.05) is 20.8 Å². The summed E-state index contributed by atoms with van der Waals surface area (Å²) in [6.45, 7) is 7.42. The van der Waals surface area contributed by atoms with Crippen LogP contribution in [-0.2, 0) is 14.4 Å². The predicted octanol–water partition coefficient (Wildman–Crippen LogP) is 0.0215. The van der Waals surface area contributed by atoms with Crippen molar-refractivity contribution >= 4 is 29.1 Å². The molecule has 8 nitrogen and oxygen atoms in total. The third-order valence-electron chi connectivity index (χ3n) is 3.23. The normalized spacial score (nSPS) is 12.1. The molecule has 8 heteroatoms. The number of likely N-dealkylation sites (N-methyl/N-ethyl adjacent to an activating group) is 1. The fraction of sp³-hybridized carbons (Fsp3) is 0.500. The Bertz CT molecular complexity index is 668. The van der Waals surface area contributed by atoms with E-state index in [1.54, 1.807) is 25.2 Å². The first kappa shape index (κ1) is 21.4. The summed E-state index contributed by atoms with van der Waals surface area (Å²) in [6, 6.07) is 4.97. The van der Waals surface area contributed by atoms with E-state index in [-0.39, 0.29) is 36.3 Å². The van der Waals surface area contributed by atoms with Crippen molar-refractivity contribution in [2.45, 2.75) is 33.2 Å². The maximum atomic E-state index is 12.3. The number of carbonyl (C=O) groups is 3. The largest absolute Gasteiger partial charge is 0.495 e. The van der Waals surface area contributed by atoms with Gasteiger partial charge in [0.05, 0.1) is 19.8 Å². The van der Waals surface area contributed by atoms with Crippen LogP contribution >= 0.6 is 0 Å². The zero-order chi connectivity index (χ0) is 19.9. The second-order valence-corrected chi connectivity index (χ2v) is 7.25. The minimum Gasteiger partial charge on any atom is -0.495 e. The molecule has 0 aliphatic carbocycles. The van der Waals surface area contributed by atoms with Gasteiger partial charge in [-0.05, 0) is 39.0 Å². The van der Waals surface area contributed by atoms with Crippen LogP contribution in [0.25, 0.3) is 0 Å². The molecule has 144 valence electrons. The smallest absolute Gasteiger partial charge is 0.279 e. The van der Waals surface area contributed by atoms with Crippen molar-refractivity contribution in [3.05, 3.63) is 18.2 Å². The average molecular weight is 365 g/mol. The topological polar surface area (TPSA) is 101 Å². The maximum Gasteiger partial charge on any atom is 0.279 e. The molecule has 1 aromatic carbocycles. The van der Waals surface area contributed by atoms with Crippen molar-refractivity contribution in [1.82, 2.24) is 5.32 Å². The second-order valence-electron chi connectivity index (χ2n) is 7.25. The summed E-state index contributed by atoms with van der Waals surface area (Å²) >= 11 is 0. The van der Waals surface area contributed by atoms with Gasteiger partial charge in [0.1, 0.15) is 5.75 Å². The summed E-state index contributed by atoms with van der Waals surface area (Å²) in [7, 11) is 3.27. The molecule has 0 aromatic heterocycles. The lowest BCUT2D eigenvalue weighted by Gasteiger charge is -2.21. The van der Waals surface area contributed by atoms with Gasteiger partial charge >= 0.3 is 0 Å². The molecule has 1 rings (SSSR count). The van der Waals surface area contributed by atoms with E-state index in [2.05, 4.69) is 16.0 Å². The van der Waals surface area contributed by atoms with Crippen molar-refractivity contribution in [2.75, 3.05) is 37.9 Å². The third kappa shape index (κ3) is 7.98. The highest BCUT2D eigenvalue weighted by Gasteiger charge is 2.19. The first-order chi connectivity index (χ1) is 12.0. The number of anilines is 2. The fourth-order valence-electron chi connectivity index (χ4n) is 2.35. The fourth-order valence-corrected chi connectivity index (χ4v) is 2.35. The quantitative estimate of drug-likeness (QED) is 0.547. The molecular formula is C18H29N4O4+. The summed E-state index contributed by atoms with van der Waals surface area (Å²) < 4.78 is 5.23. The van der Waals surface area contributed by atoms with E-state index in [0.29, 0.717) is 17.1 Å². The molecular weight excluding hydrogens is 336 g/mol. The van der Waals surface area contributed by atoms with Gasteiger partial charge in [0.25, 0.3) is 11.8 Å². The van der Waals surface area contributed by atoms with Gasteiger partial charge in [0, 0.05) is 18.2 Å². The van der Waals surface area contributed by atoms with Crippen LogP contribution in [0.2, 0.25) is 0 Å². The van der Waals surface area contributed by atoms with E-state index < -0.39 is 0 Å². The Kier molecular flexibility index (Phi) is 7.57. The summed E-state index contributed by atoms with van der Waals surface area (Å²) in [4.78, 5) is 36.1. The molecule has 1 aromatic rings. The molecule has 0 spiro atoms. The number of ether oxygens (including phenoxy) is 1. The lowest BCUT2D eigenvalue weighted by Crippen LogP contribution is -3.11. The van der Waals surface area contributed by atoms with Crippen LogP contribution in [0.15, 0.2) is 18.2 Å². The Morgan fingerprint density at radius 3 is 2.23 bits per heavy atom. The maximum absolute atomic E-state index is 12.3. The van der Waals surface area contributed by atoms with Crippen LogP contribution in [0.5, 0.6) is 5.75 Å². The van der Waals surface area contributed by atoms with Crippen molar-refractivity contribution in [1.29, 1.82) is 0 Å². The standard InChI is InChI=1S/C18H28N4O4/c1-12(23)19-13-7-8-15(26-6)14(9-13)20-16(24)10-22(5)11-17(25)21-18(2,3)4/h7-9H,10-11H2,1-6H3,(H,19,23)(H,20,24)(H,21,25)/p+1. The number of benzene rings is 1. The van der Waals surface area contributed by atoms with Crippen LogP contribution in [0.4, 0.5) is 11.4 Å². The lowest BCUT2D eigenvalue weighted by atomic mass is 10.1. The van der Waals surface area contributed by atoms with Gasteiger partial charge in [-0.3, -0.25) is 14.4 Å². The summed E-state index contributed by atoms with van der Waals surface area (Å²) in [5, 5.41) is 8.28. The SMILES string of the molecule is COc1ccc(NC(C)=O)cc1NC(=O)C[NH+](C)CC(=O)NC(C)(C)C. The monoisotopic (exact) mass is 365 g/mol. The third-order valence-corrected chi connectivity index (χ3v) is 3.23. The van der Waals surface area contributed by atoms with Crippen molar-refractivity contribution in [2.24, 2.45) is 0 Å². The molecule has 4 N–H and O–H groups in total. The summed E-state index contributed by atoms with van der Waals surface area (Å²) in [5.41, 5.74) is 0.700. The highest BCUT2D eigenvalue weighted by atomic mass is 16.5. The van der Waals surface area contributed by atoms with Gasteiger partial charge in [-0.1, -0.05) is 0 Å². The molecule has 1 unspecified atom stereocenters. The Labute approximate surface area is 154 Å². The molecule has 0 saturated heterocycles. The molecule has 1 atom stereocenters. The Balaban J connectivity index is 2.69. The molecule has 0 heterocycles. The van der Waals surface area contributed by atoms with E-state index in [4.69, 9.17) is 4.74 Å². The van der Waals surface area contributed by atoms with E-state index in [1.165, 1.54) is 14.0 Å². The van der Waals surface area contributed by atoms with E-state index in [9.17, 15) is 14.4 Å². The van der Waals surface area contributed by atoms with Crippen LogP contribution in [0, 0.1) is 0 Å². The molecule has 0 saturated carbocycles. The number of amides is 3. The summed E-state index contributed by atoms with van der Waals surface area (Å²) in [5.74, 6) is -0.102. The number of carbonyl (C=O) groups excluding carboxylic acids is 3. The Morgan fingerprint density at radius 2 is 1.69 bits per heavy atom. The van der Waals surface area contributed by atoms with Crippen LogP contribution in [-0.4, -0.2) is 50.5 Å². The van der Waals surface area contributed by atoms with E-state index in [0.717, 1.165) is 4.90 Å². The highest BCUT2D eigenvalue weighted by Crippen LogP contribution is 2.27. The second kappa shape index (κ2) is 9.19. The van der Waals surface area contributed by atoms with Crippen LogP contribution in [0.1, 0.15) is 27.7 Å². The Morgan fingerprint density at radius 1 is 1.08 bits per heavy atom. The lowest BCUT2D eigenvalue weighted by molar-refractivity contribution is -0.862. The minimum atomic E-state index is -0.308. The average Bonchev–Trinajstić information content (AvgIpc) is 2.44. The highest BCUT2D eigenvalue weighted by molar-refractivity contribution is 5.95. The van der Waals surface area contributed by atoms with Gasteiger partial charge in [-0.25, -0.2) is 0 Å². The molecule has 3 amide bonds. The van der Waals surface area contributed by atoms with Crippen molar-refractivity contribution in [3.8, 4) is 5.75 Å². The van der Waals surface area contributed by atoms with Crippen LogP contribution < -0.4 is 25.6 Å². The number of rotatable bonds is 7. The molecule has 26 heavy (non-hydrogen) atoms. The number of methoxy groups -OCH3 is 1. The molecule has 0 aliphatic heterocycles. The molecule has 0 bridgehead atoms. The van der Waals surface area contributed by atoms with Gasteiger partial charge in [0.15, 0.2) is 13.1 Å². The number of nitrogens with one attached hydrogen (secondary N) is 4. The first-order valence-corrected chi connectivity index (χ1v) is 8.38. The Hall–Kier alpha value is -2.61. The van der Waals surface area contributed by atoms with Crippen LogP contribution in [0.3, 0.4) is 0 Å². The first-order valence-electron chi connectivity index (χ1n) is 8.38. The van der Waals surface area contributed by atoms with Crippen molar-refractivity contribution < 1.29 is 24.0 Å². The van der Waals surface area contributed by atoms with Crippen molar-refractivity contribution in [3.63, 3.8) is 0 Å². The number of hydrogen-bond donors (Lipinski definition) is 4. The summed E-state index contributed by atoms with van der Waals surface area (Å²) in [6.07, 6.45) is 0. The van der Waals surface area contributed by atoms with Gasteiger partial charge in [-0.2, -0.15) is 0 Å². The van der Waals surface area contributed by atoms with E-state index >= 15 is 0 Å². The van der Waals surface area contributed by atoms with Gasteiger partial charge in [0.2, 0.25) is 5.91 Å². The minimum absolute atomic E-state index is 0.116. The zero-order valence-corrected chi connectivity index (χ0v) is 16.3. The predicted molar refractivity (Wildman–Crippen MR) is 100 cm³/mol. The number of quaternary nitrogens is 1. The zero-order valence-electron chi connectivity index (χ0n) is 16.3. The molecule has 0 fully saturated rings. The molecule has 0 aliphatic rings. The molecule has 0 radical (unpaired) electrons. The van der Waals surface area contributed by atoms with Gasteiger partial charge < -0.3 is 25.6 Å².